The molecule has 0 amide bonds. The van der Waals surface area contributed by atoms with Crippen LogP contribution in [0.1, 0.15) is 31.9 Å². The minimum atomic E-state index is -0.791. The molecule has 82 valence electrons. The molecule has 15 heavy (non-hydrogen) atoms. The largest absolute Gasteiger partial charge is 0.480 e. The predicted molar refractivity (Wildman–Crippen MR) is 59.7 cm³/mol. The molecule has 1 aromatic carbocycles. The fraction of sp³-hybridized carbons (Fsp3) is 0.417. The minimum Gasteiger partial charge on any atom is -0.480 e. The number of hydrogen-bond donors (Lipinski definition) is 2. The van der Waals surface area contributed by atoms with Crippen LogP contribution in [0.2, 0.25) is 0 Å². The fourth-order valence-electron chi connectivity index (χ4n) is 1.50. The Bertz CT molecular complexity index is 311. The van der Waals surface area contributed by atoms with Crippen molar-refractivity contribution in [1.29, 1.82) is 0 Å². The van der Waals surface area contributed by atoms with Gasteiger partial charge in [-0.2, -0.15) is 0 Å². The van der Waals surface area contributed by atoms with Crippen LogP contribution in [0, 0.1) is 0 Å². The molecular weight excluding hydrogens is 190 g/mol. The zero-order chi connectivity index (χ0) is 11.3. The van der Waals surface area contributed by atoms with E-state index >= 15 is 0 Å². The Balaban J connectivity index is 2.62. The Kier molecular flexibility index (Phi) is 4.31. The van der Waals surface area contributed by atoms with Crippen LogP contribution in [-0.4, -0.2) is 17.1 Å². The summed E-state index contributed by atoms with van der Waals surface area (Å²) in [5, 5.41) is 12.0. The van der Waals surface area contributed by atoms with E-state index in [0.29, 0.717) is 6.42 Å². The Hall–Kier alpha value is -1.35. The van der Waals surface area contributed by atoms with Gasteiger partial charge in [0.2, 0.25) is 0 Å². The Morgan fingerprint density at radius 1 is 1.40 bits per heavy atom. The second-order valence-corrected chi connectivity index (χ2v) is 3.60. The molecule has 3 nitrogen and oxygen atoms in total. The summed E-state index contributed by atoms with van der Waals surface area (Å²) in [6.45, 7) is 3.84. The SMILES string of the molecule is CC[C@@H](NC(C)c1ccccc1)C(=O)O. The van der Waals surface area contributed by atoms with Gasteiger partial charge in [0.15, 0.2) is 0 Å². The first kappa shape index (κ1) is 11.7. The van der Waals surface area contributed by atoms with Gasteiger partial charge in [-0.3, -0.25) is 10.1 Å². The smallest absolute Gasteiger partial charge is 0.320 e. The van der Waals surface area contributed by atoms with Crippen molar-refractivity contribution in [3.63, 3.8) is 0 Å². The summed E-state index contributed by atoms with van der Waals surface area (Å²) < 4.78 is 0. The van der Waals surface area contributed by atoms with Crippen molar-refractivity contribution in [1.82, 2.24) is 5.32 Å². The third-order valence-corrected chi connectivity index (χ3v) is 2.46. The third kappa shape index (κ3) is 3.36. The van der Waals surface area contributed by atoms with Crippen LogP contribution in [0.15, 0.2) is 30.3 Å². The maximum Gasteiger partial charge on any atom is 0.320 e. The monoisotopic (exact) mass is 207 g/mol. The van der Waals surface area contributed by atoms with Gasteiger partial charge in [-0.1, -0.05) is 37.3 Å². The van der Waals surface area contributed by atoms with Gasteiger partial charge in [-0.15, -0.1) is 0 Å². The third-order valence-electron chi connectivity index (χ3n) is 2.46. The molecule has 0 aliphatic carbocycles. The lowest BCUT2D eigenvalue weighted by Crippen LogP contribution is -2.37. The molecule has 0 aliphatic heterocycles. The van der Waals surface area contributed by atoms with Crippen LogP contribution in [0.25, 0.3) is 0 Å². The van der Waals surface area contributed by atoms with E-state index in [4.69, 9.17) is 5.11 Å². The second kappa shape index (κ2) is 5.51. The molecule has 2 atom stereocenters. The number of nitrogens with one attached hydrogen (secondary N) is 1. The van der Waals surface area contributed by atoms with Crippen LogP contribution in [0.3, 0.4) is 0 Å². The first-order valence-corrected chi connectivity index (χ1v) is 5.19. The van der Waals surface area contributed by atoms with Crippen molar-refractivity contribution in [3.8, 4) is 0 Å². The van der Waals surface area contributed by atoms with Gasteiger partial charge in [0.25, 0.3) is 0 Å². The van der Waals surface area contributed by atoms with E-state index in [-0.39, 0.29) is 6.04 Å². The molecule has 1 aromatic rings. The van der Waals surface area contributed by atoms with E-state index in [9.17, 15) is 4.79 Å². The molecule has 0 heterocycles. The predicted octanol–water partition coefficient (Wildman–Crippen LogP) is 2.20. The maximum absolute atomic E-state index is 10.8. The van der Waals surface area contributed by atoms with Crippen LogP contribution < -0.4 is 5.32 Å². The molecular formula is C12H17NO2. The maximum atomic E-state index is 10.8. The highest BCUT2D eigenvalue weighted by molar-refractivity contribution is 5.73. The minimum absolute atomic E-state index is 0.0623. The summed E-state index contributed by atoms with van der Waals surface area (Å²) in [7, 11) is 0. The van der Waals surface area contributed by atoms with E-state index in [1.807, 2.05) is 44.2 Å². The van der Waals surface area contributed by atoms with E-state index in [2.05, 4.69) is 5.32 Å². The van der Waals surface area contributed by atoms with Crippen molar-refractivity contribution in [3.05, 3.63) is 35.9 Å². The average Bonchev–Trinajstić information content (AvgIpc) is 2.26. The summed E-state index contributed by atoms with van der Waals surface area (Å²) in [5.74, 6) is -0.791. The first-order valence-electron chi connectivity index (χ1n) is 5.19. The summed E-state index contributed by atoms with van der Waals surface area (Å²) in [6, 6.07) is 9.43. The average molecular weight is 207 g/mol. The lowest BCUT2D eigenvalue weighted by molar-refractivity contribution is -0.139. The molecule has 0 fully saturated rings. The quantitative estimate of drug-likeness (QED) is 0.778. The molecule has 2 N–H and O–H groups in total. The van der Waals surface area contributed by atoms with Crippen molar-refractivity contribution >= 4 is 5.97 Å². The van der Waals surface area contributed by atoms with Crippen molar-refractivity contribution < 1.29 is 9.90 Å². The topological polar surface area (TPSA) is 49.3 Å². The molecule has 0 saturated heterocycles. The van der Waals surface area contributed by atoms with Gasteiger partial charge < -0.3 is 5.11 Å². The van der Waals surface area contributed by atoms with Gasteiger partial charge in [0.1, 0.15) is 6.04 Å². The molecule has 0 bridgehead atoms. The number of benzene rings is 1. The lowest BCUT2D eigenvalue weighted by Gasteiger charge is -2.19. The number of aliphatic carboxylic acids is 1. The number of carbonyl (C=O) groups is 1. The number of carboxylic acid groups (broad SMARTS) is 1. The highest BCUT2D eigenvalue weighted by atomic mass is 16.4. The summed E-state index contributed by atoms with van der Waals surface area (Å²) in [5.41, 5.74) is 1.11. The lowest BCUT2D eigenvalue weighted by atomic mass is 10.1. The molecule has 3 heteroatoms. The van der Waals surface area contributed by atoms with Gasteiger partial charge >= 0.3 is 5.97 Å². The number of hydrogen-bond acceptors (Lipinski definition) is 2. The van der Waals surface area contributed by atoms with E-state index < -0.39 is 12.0 Å². The van der Waals surface area contributed by atoms with Crippen LogP contribution in [-0.2, 0) is 4.79 Å². The normalized spacial score (nSPS) is 14.5. The van der Waals surface area contributed by atoms with E-state index in [0.717, 1.165) is 5.56 Å². The molecule has 0 spiro atoms. The molecule has 1 unspecified atom stereocenters. The van der Waals surface area contributed by atoms with E-state index in [1.165, 1.54) is 0 Å². The van der Waals surface area contributed by atoms with Gasteiger partial charge in [0, 0.05) is 6.04 Å². The standard InChI is InChI=1S/C12H17NO2/c1-3-11(12(14)15)13-9(2)10-7-5-4-6-8-10/h4-9,11,13H,3H2,1-2H3,(H,14,15)/t9?,11-/m1/s1. The molecule has 0 radical (unpaired) electrons. The Labute approximate surface area is 90.1 Å². The molecule has 0 aliphatic rings. The van der Waals surface area contributed by atoms with Crippen molar-refractivity contribution in [2.45, 2.75) is 32.4 Å². The van der Waals surface area contributed by atoms with E-state index in [1.54, 1.807) is 0 Å². The van der Waals surface area contributed by atoms with Gasteiger partial charge in [-0.05, 0) is 18.9 Å². The highest BCUT2D eigenvalue weighted by Gasteiger charge is 2.17. The Morgan fingerprint density at radius 3 is 2.47 bits per heavy atom. The molecule has 0 saturated carbocycles. The van der Waals surface area contributed by atoms with Crippen LogP contribution in [0.4, 0.5) is 0 Å². The first-order chi connectivity index (χ1) is 7.15. The van der Waals surface area contributed by atoms with Crippen molar-refractivity contribution in [2.24, 2.45) is 0 Å². The highest BCUT2D eigenvalue weighted by Crippen LogP contribution is 2.12. The van der Waals surface area contributed by atoms with Crippen LogP contribution >= 0.6 is 0 Å². The zero-order valence-electron chi connectivity index (χ0n) is 9.10. The number of rotatable bonds is 5. The van der Waals surface area contributed by atoms with Gasteiger partial charge in [0.05, 0.1) is 0 Å². The molecule has 1 rings (SSSR count). The van der Waals surface area contributed by atoms with Crippen LogP contribution in [0.5, 0.6) is 0 Å². The molecule has 0 aromatic heterocycles. The number of carboxylic acids is 1. The zero-order valence-corrected chi connectivity index (χ0v) is 9.10. The van der Waals surface area contributed by atoms with Crippen molar-refractivity contribution in [2.75, 3.05) is 0 Å². The Morgan fingerprint density at radius 2 is 2.00 bits per heavy atom. The fourth-order valence-corrected chi connectivity index (χ4v) is 1.50. The summed E-state index contributed by atoms with van der Waals surface area (Å²) in [6.07, 6.45) is 0.590. The summed E-state index contributed by atoms with van der Waals surface area (Å²) >= 11 is 0. The van der Waals surface area contributed by atoms with Gasteiger partial charge in [-0.25, -0.2) is 0 Å². The summed E-state index contributed by atoms with van der Waals surface area (Å²) in [4.78, 5) is 10.8. The second-order valence-electron chi connectivity index (χ2n) is 3.60.